The molecule has 6 heteroatoms. The molecular formula is C13H18ClNO3S. The predicted molar refractivity (Wildman–Crippen MR) is 74.9 cm³/mol. The van der Waals surface area contributed by atoms with Crippen LogP contribution >= 0.6 is 11.6 Å². The molecule has 2 rings (SSSR count). The molecule has 0 radical (unpaired) electrons. The molecule has 1 saturated carbocycles. The van der Waals surface area contributed by atoms with E-state index in [1.54, 1.807) is 24.3 Å². The van der Waals surface area contributed by atoms with Crippen LogP contribution in [0, 0.1) is 0 Å². The highest BCUT2D eigenvalue weighted by Gasteiger charge is 2.35. The molecule has 1 aromatic rings. The van der Waals surface area contributed by atoms with Gasteiger partial charge in [-0.25, -0.2) is 13.1 Å². The summed E-state index contributed by atoms with van der Waals surface area (Å²) in [5.41, 5.74) is 0.151. The second-order valence-corrected chi connectivity index (χ2v) is 7.13. The highest BCUT2D eigenvalue weighted by Crippen LogP contribution is 2.31. The molecule has 0 amide bonds. The van der Waals surface area contributed by atoms with Crippen molar-refractivity contribution in [2.45, 2.75) is 36.2 Å². The van der Waals surface area contributed by atoms with Gasteiger partial charge in [-0.05, 0) is 43.4 Å². The molecule has 0 spiro atoms. The van der Waals surface area contributed by atoms with Crippen molar-refractivity contribution in [3.8, 4) is 0 Å². The average molecular weight is 304 g/mol. The maximum absolute atomic E-state index is 12.0. The Kier molecular flexibility index (Phi) is 4.50. The summed E-state index contributed by atoms with van der Waals surface area (Å²) >= 11 is 5.63. The topological polar surface area (TPSA) is 66.4 Å². The molecule has 4 nitrogen and oxygen atoms in total. The average Bonchev–Trinajstić information content (AvgIpc) is 2.35. The lowest BCUT2D eigenvalue weighted by atomic mass is 9.81. The minimum Gasteiger partial charge on any atom is -0.389 e. The van der Waals surface area contributed by atoms with E-state index < -0.39 is 15.6 Å². The van der Waals surface area contributed by atoms with Crippen molar-refractivity contribution in [2.24, 2.45) is 0 Å². The van der Waals surface area contributed by atoms with Gasteiger partial charge in [-0.2, -0.15) is 0 Å². The summed E-state index contributed by atoms with van der Waals surface area (Å²) in [7, 11) is -3.54. The van der Waals surface area contributed by atoms with Gasteiger partial charge in [0.2, 0.25) is 10.0 Å². The van der Waals surface area contributed by atoms with Gasteiger partial charge in [0, 0.05) is 12.4 Å². The maximum Gasteiger partial charge on any atom is 0.240 e. The van der Waals surface area contributed by atoms with E-state index >= 15 is 0 Å². The Morgan fingerprint density at radius 2 is 1.89 bits per heavy atom. The van der Waals surface area contributed by atoms with Gasteiger partial charge in [-0.1, -0.05) is 12.1 Å². The van der Waals surface area contributed by atoms with Crippen LogP contribution in [0.1, 0.15) is 24.8 Å². The van der Waals surface area contributed by atoms with Crippen LogP contribution in [0.2, 0.25) is 0 Å². The quantitative estimate of drug-likeness (QED) is 0.786. The lowest BCUT2D eigenvalue weighted by molar-refractivity contribution is -0.0270. The smallest absolute Gasteiger partial charge is 0.240 e. The first-order valence-electron chi connectivity index (χ1n) is 6.32. The Morgan fingerprint density at radius 1 is 1.26 bits per heavy atom. The van der Waals surface area contributed by atoms with E-state index in [1.807, 2.05) is 0 Å². The second-order valence-electron chi connectivity index (χ2n) is 4.99. The summed E-state index contributed by atoms with van der Waals surface area (Å²) in [5.74, 6) is 0.511. The van der Waals surface area contributed by atoms with Crippen LogP contribution in [0.25, 0.3) is 0 Å². The van der Waals surface area contributed by atoms with E-state index in [2.05, 4.69) is 4.72 Å². The van der Waals surface area contributed by atoms with Crippen LogP contribution in [-0.4, -0.2) is 31.6 Å². The molecule has 106 valence electrons. The third-order valence-electron chi connectivity index (χ3n) is 3.49. The van der Waals surface area contributed by atoms with Crippen molar-refractivity contribution in [1.82, 2.24) is 4.72 Å². The Bertz CT molecular complexity index is 523. The monoisotopic (exact) mass is 303 g/mol. The zero-order valence-corrected chi connectivity index (χ0v) is 12.2. The van der Waals surface area contributed by atoms with Gasteiger partial charge in [0.15, 0.2) is 0 Å². The summed E-state index contributed by atoms with van der Waals surface area (Å²) in [4.78, 5) is 0.216. The van der Waals surface area contributed by atoms with Crippen LogP contribution in [-0.2, 0) is 16.4 Å². The minimum absolute atomic E-state index is 0.0821. The number of benzene rings is 1. The van der Waals surface area contributed by atoms with E-state index in [-0.39, 0.29) is 11.4 Å². The van der Waals surface area contributed by atoms with E-state index in [4.69, 9.17) is 11.6 Å². The number of aliphatic hydroxyl groups is 1. The number of nitrogens with one attached hydrogen (secondary N) is 1. The van der Waals surface area contributed by atoms with Crippen molar-refractivity contribution < 1.29 is 13.5 Å². The van der Waals surface area contributed by atoms with Gasteiger partial charge in [-0.15, -0.1) is 11.6 Å². The molecule has 1 aromatic carbocycles. The first-order valence-corrected chi connectivity index (χ1v) is 8.34. The Hall–Kier alpha value is -0.620. The number of sulfonamides is 1. The van der Waals surface area contributed by atoms with Crippen LogP contribution in [0.3, 0.4) is 0 Å². The Morgan fingerprint density at radius 3 is 2.37 bits per heavy atom. The van der Waals surface area contributed by atoms with E-state index in [1.165, 1.54) is 0 Å². The van der Waals surface area contributed by atoms with E-state index in [0.29, 0.717) is 18.7 Å². The van der Waals surface area contributed by atoms with Gasteiger partial charge < -0.3 is 5.11 Å². The molecule has 2 N–H and O–H groups in total. The largest absolute Gasteiger partial charge is 0.389 e. The van der Waals surface area contributed by atoms with Gasteiger partial charge in [0.25, 0.3) is 0 Å². The Labute approximate surface area is 118 Å². The number of aryl methyl sites for hydroxylation is 1. The zero-order chi connectivity index (χ0) is 13.9. The normalized spacial score (nSPS) is 18.0. The molecule has 1 aliphatic carbocycles. The van der Waals surface area contributed by atoms with E-state index in [0.717, 1.165) is 18.4 Å². The summed E-state index contributed by atoms with van der Waals surface area (Å²) in [6, 6.07) is 6.65. The molecule has 0 aliphatic heterocycles. The molecule has 0 atom stereocenters. The lowest BCUT2D eigenvalue weighted by Crippen LogP contribution is -2.47. The van der Waals surface area contributed by atoms with Crippen molar-refractivity contribution in [2.75, 3.05) is 12.4 Å². The first-order chi connectivity index (χ1) is 8.95. The van der Waals surface area contributed by atoms with Crippen molar-refractivity contribution in [3.63, 3.8) is 0 Å². The maximum atomic E-state index is 12.0. The molecule has 0 unspecified atom stereocenters. The molecule has 1 fully saturated rings. The van der Waals surface area contributed by atoms with Crippen LogP contribution < -0.4 is 4.72 Å². The molecule has 19 heavy (non-hydrogen) atoms. The number of hydrogen-bond donors (Lipinski definition) is 2. The Balaban J connectivity index is 2.02. The van der Waals surface area contributed by atoms with E-state index in [9.17, 15) is 13.5 Å². The number of halogens is 1. The summed E-state index contributed by atoms with van der Waals surface area (Å²) in [6.07, 6.45) is 2.98. The second kappa shape index (κ2) is 5.79. The fraction of sp³-hybridized carbons (Fsp3) is 0.538. The minimum atomic E-state index is -3.54. The van der Waals surface area contributed by atoms with Gasteiger partial charge >= 0.3 is 0 Å². The van der Waals surface area contributed by atoms with Crippen LogP contribution in [0.4, 0.5) is 0 Å². The molecule has 0 heterocycles. The lowest BCUT2D eigenvalue weighted by Gasteiger charge is -2.36. The molecule has 0 aromatic heterocycles. The fourth-order valence-electron chi connectivity index (χ4n) is 2.02. The number of alkyl halides is 1. The van der Waals surface area contributed by atoms with Gasteiger partial charge in [-0.3, -0.25) is 0 Å². The first kappa shape index (κ1) is 14.8. The molecule has 1 aliphatic rings. The summed E-state index contributed by atoms with van der Waals surface area (Å²) in [6.45, 7) is 0.0821. The number of hydrogen-bond acceptors (Lipinski definition) is 3. The highest BCUT2D eigenvalue weighted by atomic mass is 35.5. The SMILES string of the molecule is O=S(=O)(NCC1(O)CCC1)c1ccc(CCCl)cc1. The fourth-order valence-corrected chi connectivity index (χ4v) is 3.36. The molecule has 0 bridgehead atoms. The summed E-state index contributed by atoms with van der Waals surface area (Å²) < 4.78 is 26.5. The van der Waals surface area contributed by atoms with Crippen LogP contribution in [0.5, 0.6) is 0 Å². The number of rotatable bonds is 6. The molecule has 0 saturated heterocycles. The van der Waals surface area contributed by atoms with Gasteiger partial charge in [0.05, 0.1) is 10.5 Å². The van der Waals surface area contributed by atoms with Crippen molar-refractivity contribution in [1.29, 1.82) is 0 Å². The zero-order valence-electron chi connectivity index (χ0n) is 10.6. The van der Waals surface area contributed by atoms with Crippen LogP contribution in [0.15, 0.2) is 29.2 Å². The standard InChI is InChI=1S/C13H18ClNO3S/c14-9-6-11-2-4-12(5-3-11)19(17,18)15-10-13(16)7-1-8-13/h2-5,15-16H,1,6-10H2. The van der Waals surface area contributed by atoms with Crippen molar-refractivity contribution in [3.05, 3.63) is 29.8 Å². The third-order valence-corrected chi connectivity index (χ3v) is 5.10. The van der Waals surface area contributed by atoms with Crippen molar-refractivity contribution >= 4 is 21.6 Å². The summed E-state index contributed by atoms with van der Waals surface area (Å²) in [5, 5.41) is 9.89. The third kappa shape index (κ3) is 3.69. The highest BCUT2D eigenvalue weighted by molar-refractivity contribution is 7.89. The predicted octanol–water partition coefficient (Wildman–Crippen LogP) is 1.66. The molecular weight excluding hydrogens is 286 g/mol. The van der Waals surface area contributed by atoms with Gasteiger partial charge in [0.1, 0.15) is 0 Å².